The molecule has 0 unspecified atom stereocenters. The Bertz CT molecular complexity index is 737. The van der Waals surface area contributed by atoms with Crippen LogP contribution >= 0.6 is 23.2 Å². The molecule has 6 nitrogen and oxygen atoms in total. The number of sulfonamides is 2. The van der Waals surface area contributed by atoms with E-state index in [0.29, 0.717) is 25.9 Å². The minimum Gasteiger partial charge on any atom is -0.213 e. The molecule has 1 saturated heterocycles. The summed E-state index contributed by atoms with van der Waals surface area (Å²) in [6.07, 6.45) is 1.98. The number of halogens is 2. The first-order chi connectivity index (χ1) is 10.1. The first kappa shape index (κ1) is 18.0. The fraction of sp³-hybridized carbons (Fsp3) is 0.500. The van der Waals surface area contributed by atoms with Gasteiger partial charge in [0.05, 0.1) is 11.2 Å². The minimum atomic E-state index is -3.74. The highest BCUT2D eigenvalue weighted by Crippen LogP contribution is 2.23. The van der Waals surface area contributed by atoms with Crippen LogP contribution in [-0.2, 0) is 20.0 Å². The molecule has 0 amide bonds. The van der Waals surface area contributed by atoms with Crippen molar-refractivity contribution in [2.24, 2.45) is 0 Å². The number of hydrogen-bond donors (Lipinski definition) is 1. The van der Waals surface area contributed by atoms with Crippen molar-refractivity contribution in [1.82, 2.24) is 9.03 Å². The predicted molar refractivity (Wildman–Crippen MR) is 86.2 cm³/mol. The van der Waals surface area contributed by atoms with Gasteiger partial charge in [-0.3, -0.25) is 0 Å². The molecule has 0 atom stereocenters. The Morgan fingerprint density at radius 2 is 1.55 bits per heavy atom. The Hall–Kier alpha value is -0.380. The van der Waals surface area contributed by atoms with Crippen LogP contribution in [0.2, 0.25) is 10.0 Å². The number of piperidine rings is 1. The molecule has 1 fully saturated rings. The summed E-state index contributed by atoms with van der Waals surface area (Å²) < 4.78 is 51.4. The molecular weight excluding hydrogens is 371 g/mol. The third kappa shape index (κ3) is 4.56. The molecular formula is C12H16Cl2N2O4S2. The number of rotatable bonds is 4. The first-order valence-corrected chi connectivity index (χ1v) is 10.6. The highest BCUT2D eigenvalue weighted by atomic mass is 35.5. The van der Waals surface area contributed by atoms with Crippen molar-refractivity contribution in [3.63, 3.8) is 0 Å². The zero-order chi connectivity index (χ0) is 16.5. The number of benzene rings is 1. The van der Waals surface area contributed by atoms with Crippen molar-refractivity contribution in [2.45, 2.75) is 23.8 Å². The summed E-state index contributed by atoms with van der Waals surface area (Å²) in [5.74, 6) is 0. The van der Waals surface area contributed by atoms with Crippen molar-refractivity contribution in [1.29, 1.82) is 0 Å². The lowest BCUT2D eigenvalue weighted by atomic mass is 10.1. The summed E-state index contributed by atoms with van der Waals surface area (Å²) in [5, 5.41) is 0.472. The maximum absolute atomic E-state index is 12.3. The predicted octanol–water partition coefficient (Wildman–Crippen LogP) is 1.70. The van der Waals surface area contributed by atoms with Crippen molar-refractivity contribution < 1.29 is 16.8 Å². The van der Waals surface area contributed by atoms with Gasteiger partial charge in [0.1, 0.15) is 0 Å². The highest BCUT2D eigenvalue weighted by molar-refractivity contribution is 7.89. The van der Waals surface area contributed by atoms with E-state index in [-0.39, 0.29) is 21.0 Å². The van der Waals surface area contributed by atoms with Crippen LogP contribution < -0.4 is 4.72 Å². The molecule has 0 bridgehead atoms. The zero-order valence-electron chi connectivity index (χ0n) is 11.8. The summed E-state index contributed by atoms with van der Waals surface area (Å²) in [6.45, 7) is 0.588. The van der Waals surface area contributed by atoms with Gasteiger partial charge in [-0.1, -0.05) is 23.2 Å². The lowest BCUT2D eigenvalue weighted by Gasteiger charge is -2.30. The molecule has 1 heterocycles. The summed E-state index contributed by atoms with van der Waals surface area (Å²) in [5.41, 5.74) is 0. The van der Waals surface area contributed by atoms with E-state index in [4.69, 9.17) is 23.2 Å². The molecule has 1 aromatic carbocycles. The van der Waals surface area contributed by atoms with Crippen molar-refractivity contribution >= 4 is 43.2 Å². The molecule has 1 aliphatic rings. The van der Waals surface area contributed by atoms with Crippen LogP contribution in [-0.4, -0.2) is 46.5 Å². The van der Waals surface area contributed by atoms with Gasteiger partial charge >= 0.3 is 0 Å². The van der Waals surface area contributed by atoms with Crippen molar-refractivity contribution in [3.05, 3.63) is 28.2 Å². The van der Waals surface area contributed by atoms with Gasteiger partial charge in [0.25, 0.3) is 0 Å². The Balaban J connectivity index is 2.08. The second kappa shape index (κ2) is 6.62. The Kier molecular flexibility index (Phi) is 5.41. The van der Waals surface area contributed by atoms with Crippen LogP contribution in [0.3, 0.4) is 0 Å². The van der Waals surface area contributed by atoms with Crippen molar-refractivity contribution in [2.75, 3.05) is 19.3 Å². The van der Waals surface area contributed by atoms with E-state index < -0.39 is 20.0 Å². The van der Waals surface area contributed by atoms with Gasteiger partial charge in [-0.2, -0.15) is 0 Å². The van der Waals surface area contributed by atoms with E-state index in [0.717, 1.165) is 6.26 Å². The van der Waals surface area contributed by atoms with Crippen molar-refractivity contribution in [3.8, 4) is 0 Å². The number of hydrogen-bond acceptors (Lipinski definition) is 4. The fourth-order valence-corrected chi connectivity index (χ4v) is 5.18. The van der Waals surface area contributed by atoms with Crippen LogP contribution in [0.4, 0.5) is 0 Å². The third-order valence-electron chi connectivity index (χ3n) is 3.39. The Morgan fingerprint density at radius 1 is 1.05 bits per heavy atom. The molecule has 1 aromatic rings. The molecule has 22 heavy (non-hydrogen) atoms. The molecule has 10 heteroatoms. The SMILES string of the molecule is CS(=O)(=O)N1CCC(NS(=O)(=O)c2cc(Cl)cc(Cl)c2)CC1. The van der Waals surface area contributed by atoms with Gasteiger partial charge in [-0.25, -0.2) is 25.9 Å². The first-order valence-electron chi connectivity index (χ1n) is 6.51. The monoisotopic (exact) mass is 386 g/mol. The molecule has 0 saturated carbocycles. The van der Waals surface area contributed by atoms with Crippen LogP contribution in [0.15, 0.2) is 23.1 Å². The molecule has 0 spiro atoms. The molecule has 0 aliphatic carbocycles. The summed E-state index contributed by atoms with van der Waals surface area (Å²) in [7, 11) is -6.98. The lowest BCUT2D eigenvalue weighted by Crippen LogP contribution is -2.46. The van der Waals surface area contributed by atoms with E-state index in [9.17, 15) is 16.8 Å². The number of nitrogens with zero attached hydrogens (tertiary/aromatic N) is 1. The van der Waals surface area contributed by atoms with Crippen LogP contribution in [0.25, 0.3) is 0 Å². The van der Waals surface area contributed by atoms with E-state index in [2.05, 4.69) is 4.72 Å². The highest BCUT2D eigenvalue weighted by Gasteiger charge is 2.28. The number of nitrogens with one attached hydrogen (secondary N) is 1. The molecule has 124 valence electrons. The molecule has 0 aromatic heterocycles. The fourth-order valence-electron chi connectivity index (χ4n) is 2.28. The van der Waals surface area contributed by atoms with E-state index in [1.807, 2.05) is 0 Å². The van der Waals surface area contributed by atoms with Crippen LogP contribution in [0.5, 0.6) is 0 Å². The molecule has 0 radical (unpaired) electrons. The lowest BCUT2D eigenvalue weighted by molar-refractivity contribution is 0.310. The minimum absolute atomic E-state index is 0.00413. The molecule has 1 N–H and O–H groups in total. The molecule has 1 aliphatic heterocycles. The van der Waals surface area contributed by atoms with E-state index in [1.165, 1.54) is 22.5 Å². The topological polar surface area (TPSA) is 83.6 Å². The second-order valence-electron chi connectivity index (χ2n) is 5.16. The van der Waals surface area contributed by atoms with Gasteiger partial charge in [0, 0.05) is 29.2 Å². The average Bonchev–Trinajstić information content (AvgIpc) is 2.36. The second-order valence-corrected chi connectivity index (χ2v) is 9.73. The van der Waals surface area contributed by atoms with Gasteiger partial charge in [-0.15, -0.1) is 0 Å². The quantitative estimate of drug-likeness (QED) is 0.853. The average molecular weight is 387 g/mol. The largest absolute Gasteiger partial charge is 0.240 e. The van der Waals surface area contributed by atoms with Crippen LogP contribution in [0.1, 0.15) is 12.8 Å². The van der Waals surface area contributed by atoms with Crippen LogP contribution in [0, 0.1) is 0 Å². The third-order valence-corrected chi connectivity index (χ3v) is 6.63. The summed E-state index contributed by atoms with van der Waals surface area (Å²) in [4.78, 5) is -0.00413. The van der Waals surface area contributed by atoms with Gasteiger partial charge in [0.2, 0.25) is 20.0 Å². The van der Waals surface area contributed by atoms with E-state index in [1.54, 1.807) is 0 Å². The van der Waals surface area contributed by atoms with Gasteiger partial charge in [-0.05, 0) is 31.0 Å². The summed E-state index contributed by atoms with van der Waals surface area (Å²) >= 11 is 11.6. The zero-order valence-corrected chi connectivity index (χ0v) is 14.9. The Labute approximate surface area is 140 Å². The maximum atomic E-state index is 12.3. The smallest absolute Gasteiger partial charge is 0.213 e. The van der Waals surface area contributed by atoms with E-state index >= 15 is 0 Å². The summed E-state index contributed by atoms with van der Waals surface area (Å²) in [6, 6.07) is 3.77. The standard InChI is InChI=1S/C12H16Cl2N2O4S2/c1-21(17,18)16-4-2-11(3-5-16)15-22(19,20)12-7-9(13)6-10(14)8-12/h6-8,11,15H,2-5H2,1H3. The maximum Gasteiger partial charge on any atom is 0.240 e. The molecule has 2 rings (SSSR count). The van der Waals surface area contributed by atoms with Gasteiger partial charge < -0.3 is 0 Å². The van der Waals surface area contributed by atoms with Gasteiger partial charge in [0.15, 0.2) is 0 Å². The Morgan fingerprint density at radius 3 is 2.00 bits per heavy atom. The normalized spacial score (nSPS) is 18.5.